The van der Waals surface area contributed by atoms with Gasteiger partial charge in [-0.1, -0.05) is 30.3 Å². The van der Waals surface area contributed by atoms with E-state index in [4.69, 9.17) is 10.2 Å². The number of nitrogens with zero attached hydrogens (tertiary/aromatic N) is 1. The van der Waals surface area contributed by atoms with E-state index in [0.717, 1.165) is 16.7 Å². The third-order valence-electron chi connectivity index (χ3n) is 3.06. The molecule has 4 heteroatoms. The van der Waals surface area contributed by atoms with Crippen molar-refractivity contribution < 1.29 is 9.52 Å². The molecule has 0 radical (unpaired) electrons. The molecule has 0 saturated carbocycles. The van der Waals surface area contributed by atoms with Gasteiger partial charge in [-0.15, -0.1) is 0 Å². The van der Waals surface area contributed by atoms with Crippen LogP contribution in [-0.2, 0) is 6.42 Å². The third kappa shape index (κ3) is 2.30. The number of aromatic hydroxyl groups is 1. The highest BCUT2D eigenvalue weighted by Gasteiger charge is 2.15. The van der Waals surface area contributed by atoms with Crippen molar-refractivity contribution in [3.63, 3.8) is 0 Å². The number of rotatable bonds is 3. The van der Waals surface area contributed by atoms with Crippen molar-refractivity contribution in [1.82, 2.24) is 4.98 Å². The quantitative estimate of drug-likeness (QED) is 0.753. The first-order chi connectivity index (χ1) is 9.24. The first-order valence-corrected chi connectivity index (χ1v) is 6.12. The summed E-state index contributed by atoms with van der Waals surface area (Å²) in [5, 5.41) is 9.74. The molecule has 0 saturated heterocycles. The highest BCUT2D eigenvalue weighted by atomic mass is 16.3. The maximum absolute atomic E-state index is 9.74. The zero-order chi connectivity index (χ0) is 13.2. The lowest BCUT2D eigenvalue weighted by molar-refractivity contribution is 0.449. The topological polar surface area (TPSA) is 72.3 Å². The Hall–Kier alpha value is -2.33. The fourth-order valence-electron chi connectivity index (χ4n) is 2.06. The predicted molar refractivity (Wildman–Crippen MR) is 72.7 cm³/mol. The Labute approximate surface area is 110 Å². The lowest BCUT2D eigenvalue weighted by Gasteiger charge is -2.08. The van der Waals surface area contributed by atoms with Crippen LogP contribution in [0, 0.1) is 0 Å². The van der Waals surface area contributed by atoms with E-state index in [2.05, 4.69) is 4.98 Å². The van der Waals surface area contributed by atoms with Gasteiger partial charge in [0.05, 0.1) is 6.04 Å². The summed E-state index contributed by atoms with van der Waals surface area (Å²) < 4.78 is 5.62. The van der Waals surface area contributed by atoms with Crippen LogP contribution in [0.15, 0.2) is 52.9 Å². The minimum Gasteiger partial charge on any atom is -0.508 e. The molecule has 0 bridgehead atoms. The van der Waals surface area contributed by atoms with Crippen LogP contribution >= 0.6 is 0 Å². The number of nitrogens with two attached hydrogens (primary N) is 1. The Bertz CT molecular complexity index is 673. The van der Waals surface area contributed by atoms with E-state index in [0.29, 0.717) is 12.3 Å². The van der Waals surface area contributed by atoms with Crippen LogP contribution in [0.25, 0.3) is 11.1 Å². The average molecular weight is 254 g/mol. The first-order valence-electron chi connectivity index (χ1n) is 6.12. The first kappa shape index (κ1) is 11.7. The van der Waals surface area contributed by atoms with Crippen molar-refractivity contribution in [2.45, 2.75) is 12.5 Å². The second kappa shape index (κ2) is 4.74. The lowest BCUT2D eigenvalue weighted by Crippen LogP contribution is -2.13. The molecule has 0 amide bonds. The van der Waals surface area contributed by atoms with Gasteiger partial charge in [-0.05, 0) is 23.8 Å². The minimum atomic E-state index is -0.374. The zero-order valence-electron chi connectivity index (χ0n) is 10.3. The molecule has 0 aliphatic rings. The van der Waals surface area contributed by atoms with Crippen molar-refractivity contribution >= 4 is 11.1 Å². The van der Waals surface area contributed by atoms with Crippen molar-refractivity contribution in [2.24, 2.45) is 5.73 Å². The van der Waals surface area contributed by atoms with E-state index >= 15 is 0 Å². The smallest absolute Gasteiger partial charge is 0.212 e. The average Bonchev–Trinajstić information content (AvgIpc) is 2.85. The molecule has 1 aromatic heterocycles. The molecule has 1 atom stereocenters. The fourth-order valence-corrected chi connectivity index (χ4v) is 2.06. The third-order valence-corrected chi connectivity index (χ3v) is 3.06. The number of hydrogen-bond donors (Lipinski definition) is 2. The molecule has 3 N–H and O–H groups in total. The number of para-hydroxylation sites is 3. The number of aromatic nitrogens is 1. The summed E-state index contributed by atoms with van der Waals surface area (Å²) in [4.78, 5) is 4.37. The zero-order valence-corrected chi connectivity index (χ0v) is 10.3. The van der Waals surface area contributed by atoms with E-state index in [-0.39, 0.29) is 11.8 Å². The SMILES string of the molecule is NC(Cc1ccccc1O)c1nc2ccccc2o1. The van der Waals surface area contributed by atoms with Gasteiger partial charge in [0.15, 0.2) is 5.58 Å². The molecule has 19 heavy (non-hydrogen) atoms. The number of phenolic OH excluding ortho intramolecular Hbond substituents is 1. The summed E-state index contributed by atoms with van der Waals surface area (Å²) in [6, 6.07) is 14.3. The van der Waals surface area contributed by atoms with Gasteiger partial charge < -0.3 is 15.3 Å². The fraction of sp³-hybridized carbons (Fsp3) is 0.133. The maximum Gasteiger partial charge on any atom is 0.212 e. The van der Waals surface area contributed by atoms with E-state index < -0.39 is 0 Å². The van der Waals surface area contributed by atoms with Gasteiger partial charge in [0.2, 0.25) is 5.89 Å². The number of fused-ring (bicyclic) bond motifs is 1. The molecular formula is C15H14N2O2. The standard InChI is InChI=1S/C15H14N2O2/c16-11(9-10-5-1-3-7-13(10)18)15-17-12-6-2-4-8-14(12)19-15/h1-8,11,18H,9,16H2. The Morgan fingerprint density at radius 3 is 2.63 bits per heavy atom. The summed E-state index contributed by atoms with van der Waals surface area (Å²) >= 11 is 0. The second-order valence-electron chi connectivity index (χ2n) is 4.46. The number of benzene rings is 2. The largest absolute Gasteiger partial charge is 0.508 e. The van der Waals surface area contributed by atoms with Gasteiger partial charge in [0.1, 0.15) is 11.3 Å². The highest BCUT2D eigenvalue weighted by molar-refractivity contribution is 5.72. The molecule has 1 heterocycles. The molecular weight excluding hydrogens is 240 g/mol. The molecule has 3 aromatic rings. The minimum absolute atomic E-state index is 0.245. The number of hydrogen-bond acceptors (Lipinski definition) is 4. The van der Waals surface area contributed by atoms with Gasteiger partial charge in [0.25, 0.3) is 0 Å². The van der Waals surface area contributed by atoms with Gasteiger partial charge in [-0.2, -0.15) is 0 Å². The van der Waals surface area contributed by atoms with Crippen molar-refractivity contribution in [3.05, 3.63) is 60.0 Å². The van der Waals surface area contributed by atoms with E-state index in [1.165, 1.54) is 0 Å². The Balaban J connectivity index is 1.87. The van der Waals surface area contributed by atoms with Crippen LogP contribution in [0.2, 0.25) is 0 Å². The molecule has 3 rings (SSSR count). The molecule has 2 aromatic carbocycles. The van der Waals surface area contributed by atoms with E-state index in [9.17, 15) is 5.11 Å². The molecule has 4 nitrogen and oxygen atoms in total. The van der Waals surface area contributed by atoms with Crippen LogP contribution in [0.3, 0.4) is 0 Å². The lowest BCUT2D eigenvalue weighted by atomic mass is 10.1. The number of oxazole rings is 1. The molecule has 0 aliphatic heterocycles. The van der Waals surface area contributed by atoms with E-state index in [1.807, 2.05) is 36.4 Å². The van der Waals surface area contributed by atoms with E-state index in [1.54, 1.807) is 12.1 Å². The summed E-state index contributed by atoms with van der Waals surface area (Å²) in [5.41, 5.74) is 8.41. The molecule has 96 valence electrons. The Morgan fingerprint density at radius 2 is 1.84 bits per heavy atom. The van der Waals surface area contributed by atoms with Gasteiger partial charge in [-0.3, -0.25) is 0 Å². The van der Waals surface area contributed by atoms with Gasteiger partial charge in [-0.25, -0.2) is 4.98 Å². The maximum atomic E-state index is 9.74. The van der Waals surface area contributed by atoms with Crippen LogP contribution in [0.1, 0.15) is 17.5 Å². The van der Waals surface area contributed by atoms with Crippen molar-refractivity contribution in [3.8, 4) is 5.75 Å². The van der Waals surface area contributed by atoms with Gasteiger partial charge >= 0.3 is 0 Å². The van der Waals surface area contributed by atoms with Gasteiger partial charge in [0, 0.05) is 6.42 Å². The molecule has 0 fully saturated rings. The summed E-state index contributed by atoms with van der Waals surface area (Å²) in [5.74, 6) is 0.735. The molecule has 1 unspecified atom stereocenters. The van der Waals surface area contributed by atoms with Crippen LogP contribution < -0.4 is 5.73 Å². The van der Waals surface area contributed by atoms with Crippen molar-refractivity contribution in [1.29, 1.82) is 0 Å². The summed E-state index contributed by atoms with van der Waals surface area (Å²) in [6.45, 7) is 0. The van der Waals surface area contributed by atoms with Crippen molar-refractivity contribution in [2.75, 3.05) is 0 Å². The summed E-state index contributed by atoms with van der Waals surface area (Å²) in [7, 11) is 0. The number of phenols is 1. The van der Waals surface area contributed by atoms with Crippen LogP contribution in [0.4, 0.5) is 0 Å². The predicted octanol–water partition coefficient (Wildman–Crippen LogP) is 2.78. The normalized spacial score (nSPS) is 12.7. The Kier molecular flexibility index (Phi) is 2.93. The molecule has 0 aliphatic carbocycles. The Morgan fingerprint density at radius 1 is 1.11 bits per heavy atom. The van der Waals surface area contributed by atoms with Crippen LogP contribution in [-0.4, -0.2) is 10.1 Å². The van der Waals surface area contributed by atoms with Crippen LogP contribution in [0.5, 0.6) is 5.75 Å². The second-order valence-corrected chi connectivity index (χ2v) is 4.46. The highest BCUT2D eigenvalue weighted by Crippen LogP contribution is 2.24. The molecule has 0 spiro atoms. The summed E-state index contributed by atoms with van der Waals surface area (Å²) in [6.07, 6.45) is 0.486. The monoisotopic (exact) mass is 254 g/mol.